The van der Waals surface area contributed by atoms with Crippen LogP contribution in [0, 0.1) is 19.7 Å². The zero-order chi connectivity index (χ0) is 23.1. The maximum atomic E-state index is 15.0. The van der Waals surface area contributed by atoms with Gasteiger partial charge in [0, 0.05) is 27.7 Å². The minimum absolute atomic E-state index is 0.225. The number of halogens is 2. The largest absolute Gasteiger partial charge is 0.351 e. The Labute approximate surface area is 206 Å². The van der Waals surface area contributed by atoms with Gasteiger partial charge in [-0.2, -0.15) is 0 Å². The molecule has 5 rings (SSSR count). The van der Waals surface area contributed by atoms with Crippen LogP contribution in [0.3, 0.4) is 0 Å². The molecule has 0 aliphatic carbocycles. The van der Waals surface area contributed by atoms with E-state index in [0.717, 1.165) is 32.8 Å². The van der Waals surface area contributed by atoms with Crippen LogP contribution in [0.25, 0.3) is 5.69 Å². The van der Waals surface area contributed by atoms with Crippen molar-refractivity contribution in [3.63, 3.8) is 0 Å². The van der Waals surface area contributed by atoms with Gasteiger partial charge in [-0.15, -0.1) is 0 Å². The van der Waals surface area contributed by atoms with Crippen LogP contribution in [-0.2, 0) is 0 Å². The van der Waals surface area contributed by atoms with Gasteiger partial charge in [-0.1, -0.05) is 34.1 Å². The van der Waals surface area contributed by atoms with Gasteiger partial charge in [-0.3, -0.25) is 4.98 Å². The fraction of sp³-hybridized carbons (Fsp3) is 0.154. The number of hydrogen-bond acceptors (Lipinski definition) is 2. The zero-order valence-electron chi connectivity index (χ0n) is 18.2. The molecule has 1 N–H and O–H groups in total. The van der Waals surface area contributed by atoms with E-state index in [0.29, 0.717) is 10.8 Å². The van der Waals surface area contributed by atoms with Gasteiger partial charge >= 0.3 is 0 Å². The molecule has 4 aromatic rings. The van der Waals surface area contributed by atoms with Crippen molar-refractivity contribution in [3.05, 3.63) is 112 Å². The van der Waals surface area contributed by atoms with Crippen molar-refractivity contribution in [2.45, 2.75) is 25.9 Å². The second-order valence-electron chi connectivity index (χ2n) is 8.09. The van der Waals surface area contributed by atoms with Crippen molar-refractivity contribution in [2.75, 3.05) is 4.90 Å². The lowest BCUT2D eigenvalue weighted by atomic mass is 9.96. The molecule has 0 unspecified atom stereocenters. The summed E-state index contributed by atoms with van der Waals surface area (Å²) >= 11 is 9.25. The van der Waals surface area contributed by atoms with Crippen LogP contribution in [0.4, 0.5) is 10.1 Å². The average Bonchev–Trinajstić information content (AvgIpc) is 3.31. The van der Waals surface area contributed by atoms with Gasteiger partial charge in [0.1, 0.15) is 5.82 Å². The Kier molecular flexibility index (Phi) is 5.76. The van der Waals surface area contributed by atoms with Gasteiger partial charge in [-0.05, 0) is 86.2 Å². The summed E-state index contributed by atoms with van der Waals surface area (Å²) < 4.78 is 18.2. The van der Waals surface area contributed by atoms with Crippen LogP contribution >= 0.6 is 28.1 Å². The number of para-hydroxylation sites is 1. The summed E-state index contributed by atoms with van der Waals surface area (Å²) in [5.74, 6) is -0.310. The molecule has 1 fully saturated rings. The van der Waals surface area contributed by atoms with E-state index in [4.69, 9.17) is 12.2 Å². The number of aromatic nitrogens is 2. The first-order chi connectivity index (χ1) is 16.0. The Morgan fingerprint density at radius 3 is 2.42 bits per heavy atom. The minimum Gasteiger partial charge on any atom is -0.351 e. The molecule has 33 heavy (non-hydrogen) atoms. The molecule has 3 heterocycles. The summed E-state index contributed by atoms with van der Waals surface area (Å²) in [4.78, 5) is 6.48. The molecule has 0 amide bonds. The summed E-state index contributed by atoms with van der Waals surface area (Å²) in [5, 5.41) is 3.89. The van der Waals surface area contributed by atoms with E-state index < -0.39 is 0 Å². The molecule has 0 saturated carbocycles. The number of rotatable bonds is 4. The quantitative estimate of drug-likeness (QED) is 0.308. The molecular formula is C26H22BrFN4S. The summed E-state index contributed by atoms with van der Waals surface area (Å²) in [5.41, 5.74) is 5.62. The Morgan fingerprint density at radius 1 is 1.00 bits per heavy atom. The van der Waals surface area contributed by atoms with Crippen LogP contribution in [0.2, 0.25) is 0 Å². The van der Waals surface area contributed by atoms with Gasteiger partial charge in [-0.25, -0.2) is 4.39 Å². The Bertz CT molecular complexity index is 1320. The highest BCUT2D eigenvalue weighted by molar-refractivity contribution is 9.10. The van der Waals surface area contributed by atoms with Crippen molar-refractivity contribution in [3.8, 4) is 5.69 Å². The fourth-order valence-electron chi connectivity index (χ4n) is 4.65. The molecule has 2 aromatic heterocycles. The molecule has 0 spiro atoms. The Balaban J connectivity index is 1.69. The molecule has 1 saturated heterocycles. The molecule has 2 atom stereocenters. The molecule has 1 aliphatic rings. The molecule has 1 aliphatic heterocycles. The maximum absolute atomic E-state index is 15.0. The molecule has 0 radical (unpaired) electrons. The smallest absolute Gasteiger partial charge is 0.174 e. The number of hydrogen-bond donors (Lipinski definition) is 1. The number of benzene rings is 2. The van der Waals surface area contributed by atoms with Gasteiger partial charge in [0.25, 0.3) is 0 Å². The van der Waals surface area contributed by atoms with Crippen molar-refractivity contribution in [1.29, 1.82) is 0 Å². The number of thiocarbonyl (C=S) groups is 1. The summed E-state index contributed by atoms with van der Waals surface area (Å²) in [7, 11) is 0. The van der Waals surface area contributed by atoms with Crippen LogP contribution < -0.4 is 10.2 Å². The number of anilines is 1. The summed E-state index contributed by atoms with van der Waals surface area (Å²) in [6.07, 6.45) is 1.77. The number of nitrogens with zero attached hydrogens (tertiary/aromatic N) is 3. The van der Waals surface area contributed by atoms with E-state index >= 15 is 0 Å². The molecular weight excluding hydrogens is 499 g/mol. The lowest BCUT2D eigenvalue weighted by Crippen LogP contribution is -2.30. The molecule has 7 heteroatoms. The van der Waals surface area contributed by atoms with Crippen molar-refractivity contribution >= 4 is 38.9 Å². The minimum atomic E-state index is -0.310. The van der Waals surface area contributed by atoms with Gasteiger partial charge in [0.05, 0.1) is 23.5 Å². The number of aryl methyl sites for hydroxylation is 1. The predicted molar refractivity (Wildman–Crippen MR) is 137 cm³/mol. The first-order valence-electron chi connectivity index (χ1n) is 10.7. The van der Waals surface area contributed by atoms with E-state index in [1.54, 1.807) is 18.3 Å². The molecule has 2 aromatic carbocycles. The van der Waals surface area contributed by atoms with Crippen LogP contribution in [0.15, 0.2) is 83.5 Å². The van der Waals surface area contributed by atoms with E-state index in [1.165, 1.54) is 6.07 Å². The van der Waals surface area contributed by atoms with Gasteiger partial charge < -0.3 is 14.8 Å². The van der Waals surface area contributed by atoms with E-state index in [9.17, 15) is 4.39 Å². The number of nitrogens with one attached hydrogen (secondary N) is 1. The summed E-state index contributed by atoms with van der Waals surface area (Å²) in [6.45, 7) is 4.18. The van der Waals surface area contributed by atoms with Crippen LogP contribution in [0.5, 0.6) is 0 Å². The third-order valence-electron chi connectivity index (χ3n) is 6.08. The van der Waals surface area contributed by atoms with Gasteiger partial charge in [0.15, 0.2) is 5.11 Å². The van der Waals surface area contributed by atoms with Crippen LogP contribution in [0.1, 0.15) is 34.7 Å². The topological polar surface area (TPSA) is 33.1 Å². The predicted octanol–water partition coefficient (Wildman–Crippen LogP) is 6.57. The fourth-order valence-corrected chi connectivity index (χ4v) is 5.26. The lowest BCUT2D eigenvalue weighted by molar-refractivity contribution is 0.556. The Morgan fingerprint density at radius 2 is 1.73 bits per heavy atom. The van der Waals surface area contributed by atoms with Crippen molar-refractivity contribution in [2.24, 2.45) is 0 Å². The van der Waals surface area contributed by atoms with Crippen molar-refractivity contribution < 1.29 is 4.39 Å². The SMILES string of the molecule is Cc1cc([C@H]2[C@@H](c3ccccn3)NC(=S)N2c2ccccc2F)c(C)n1-c1ccc(Br)cc1. The molecule has 166 valence electrons. The first kappa shape index (κ1) is 21.8. The standard InChI is InChI=1S/C26H22BrFN4S/c1-16-15-20(17(2)31(16)19-12-10-18(27)11-13-19)25-24(22-8-5-6-14-29-22)30-26(33)32(25)23-9-4-3-7-21(23)28/h3-15,24-25H,1-2H3,(H,30,33)/t24-,25+/m1/s1. The highest BCUT2D eigenvalue weighted by Gasteiger charge is 2.43. The van der Waals surface area contributed by atoms with Gasteiger partial charge in [0.2, 0.25) is 0 Å². The maximum Gasteiger partial charge on any atom is 0.174 e. The first-order valence-corrected chi connectivity index (χ1v) is 11.9. The van der Waals surface area contributed by atoms with E-state index in [2.05, 4.69) is 62.8 Å². The highest BCUT2D eigenvalue weighted by Crippen LogP contribution is 2.44. The molecule has 0 bridgehead atoms. The van der Waals surface area contributed by atoms with E-state index in [-0.39, 0.29) is 17.9 Å². The molecule has 4 nitrogen and oxygen atoms in total. The summed E-state index contributed by atoms with van der Waals surface area (Å²) in [6, 6.07) is 22.5. The zero-order valence-corrected chi connectivity index (χ0v) is 20.6. The van der Waals surface area contributed by atoms with Crippen LogP contribution in [-0.4, -0.2) is 14.7 Å². The second-order valence-corrected chi connectivity index (χ2v) is 9.39. The van der Waals surface area contributed by atoms with E-state index in [1.807, 2.05) is 41.3 Å². The Hall–Kier alpha value is -3.03. The highest BCUT2D eigenvalue weighted by atomic mass is 79.9. The second kappa shape index (κ2) is 8.72. The lowest BCUT2D eigenvalue weighted by Gasteiger charge is -2.28. The normalized spacial score (nSPS) is 17.9. The third-order valence-corrected chi connectivity index (χ3v) is 6.93. The van der Waals surface area contributed by atoms with Crippen molar-refractivity contribution in [1.82, 2.24) is 14.9 Å². The number of pyridine rings is 1. The average molecular weight is 521 g/mol. The third kappa shape index (κ3) is 3.85. The monoisotopic (exact) mass is 520 g/mol.